The van der Waals surface area contributed by atoms with Gasteiger partial charge in [-0.1, -0.05) is 42.0 Å². The maximum Gasteiger partial charge on any atom is 0.347 e. The zero-order valence-corrected chi connectivity index (χ0v) is 12.8. The Hall–Kier alpha value is -1.59. The molecule has 1 aromatic carbocycles. The molecule has 20 heavy (non-hydrogen) atoms. The van der Waals surface area contributed by atoms with E-state index in [9.17, 15) is 4.79 Å². The molecule has 6 heteroatoms. The lowest BCUT2D eigenvalue weighted by atomic mass is 10.2. The number of hydrogen-bond donors (Lipinski definition) is 1. The van der Waals surface area contributed by atoms with Crippen LogP contribution in [0.2, 0.25) is 5.02 Å². The topological polar surface area (TPSA) is 53.4 Å². The zero-order valence-electron chi connectivity index (χ0n) is 11.3. The monoisotopic (exact) mass is 310 g/mol. The quantitative estimate of drug-likeness (QED) is 0.915. The standard InChI is InChI=1S/C14H15ClN2O2S/c1-3-11-12(13(18)19)20-14(16-11)17(2)8-9-5-4-6-10(15)7-9/h4-7H,3,8H2,1-2H3,(H,18,19). The SMILES string of the molecule is CCc1nc(N(C)Cc2cccc(Cl)c2)sc1C(=O)O. The van der Waals surface area contributed by atoms with Gasteiger partial charge in [0.15, 0.2) is 5.13 Å². The normalized spacial score (nSPS) is 10.6. The van der Waals surface area contributed by atoms with Crippen LogP contribution in [-0.2, 0) is 13.0 Å². The van der Waals surface area contributed by atoms with Crippen LogP contribution in [0.1, 0.15) is 27.9 Å². The number of rotatable bonds is 5. The predicted molar refractivity (Wildman–Crippen MR) is 82.0 cm³/mol. The largest absolute Gasteiger partial charge is 0.477 e. The average molecular weight is 311 g/mol. The molecule has 4 nitrogen and oxygen atoms in total. The maximum atomic E-state index is 11.2. The highest BCUT2D eigenvalue weighted by molar-refractivity contribution is 7.17. The van der Waals surface area contributed by atoms with Crippen molar-refractivity contribution in [1.82, 2.24) is 4.98 Å². The van der Waals surface area contributed by atoms with E-state index >= 15 is 0 Å². The van der Waals surface area contributed by atoms with Crippen molar-refractivity contribution < 1.29 is 9.90 Å². The van der Waals surface area contributed by atoms with Gasteiger partial charge in [0.25, 0.3) is 0 Å². The molecule has 0 unspecified atom stereocenters. The van der Waals surface area contributed by atoms with Gasteiger partial charge >= 0.3 is 5.97 Å². The van der Waals surface area contributed by atoms with Gasteiger partial charge in [-0.25, -0.2) is 9.78 Å². The zero-order chi connectivity index (χ0) is 14.7. The van der Waals surface area contributed by atoms with E-state index in [2.05, 4.69) is 4.98 Å². The molecule has 0 bridgehead atoms. The first-order chi connectivity index (χ1) is 9.51. The molecule has 0 atom stereocenters. The third-order valence-corrected chi connectivity index (χ3v) is 4.29. The molecule has 2 rings (SSSR count). The number of halogens is 1. The molecule has 0 aliphatic heterocycles. The van der Waals surface area contributed by atoms with Gasteiger partial charge < -0.3 is 10.0 Å². The molecule has 0 spiro atoms. The van der Waals surface area contributed by atoms with Crippen molar-refractivity contribution in [1.29, 1.82) is 0 Å². The van der Waals surface area contributed by atoms with Crippen LogP contribution in [0.25, 0.3) is 0 Å². The van der Waals surface area contributed by atoms with Gasteiger partial charge in [0.1, 0.15) is 4.88 Å². The fourth-order valence-electron chi connectivity index (χ4n) is 1.89. The molecule has 0 aliphatic rings. The van der Waals surface area contributed by atoms with Gasteiger partial charge in [0.2, 0.25) is 0 Å². The molecule has 0 fully saturated rings. The van der Waals surface area contributed by atoms with E-state index in [1.54, 1.807) is 0 Å². The number of aromatic carboxylic acids is 1. The molecule has 1 aromatic heterocycles. The van der Waals surface area contributed by atoms with E-state index in [1.165, 1.54) is 11.3 Å². The van der Waals surface area contributed by atoms with Crippen LogP contribution in [0.4, 0.5) is 5.13 Å². The van der Waals surface area contributed by atoms with Gasteiger partial charge in [0, 0.05) is 18.6 Å². The lowest BCUT2D eigenvalue weighted by Crippen LogP contribution is -2.16. The first-order valence-corrected chi connectivity index (χ1v) is 7.39. The summed E-state index contributed by atoms with van der Waals surface area (Å²) in [7, 11) is 1.89. The van der Waals surface area contributed by atoms with Crippen LogP contribution >= 0.6 is 22.9 Å². The summed E-state index contributed by atoms with van der Waals surface area (Å²) in [5.74, 6) is -0.915. The van der Waals surface area contributed by atoms with Crippen LogP contribution in [0.5, 0.6) is 0 Å². The molecule has 1 N–H and O–H groups in total. The van der Waals surface area contributed by atoms with Gasteiger partial charge in [-0.2, -0.15) is 0 Å². The van der Waals surface area contributed by atoms with E-state index < -0.39 is 5.97 Å². The number of carbonyl (C=O) groups is 1. The minimum absolute atomic E-state index is 0.320. The number of benzene rings is 1. The summed E-state index contributed by atoms with van der Waals surface area (Å²) in [4.78, 5) is 17.8. The Morgan fingerprint density at radius 3 is 2.80 bits per heavy atom. The number of aromatic nitrogens is 1. The summed E-state index contributed by atoms with van der Waals surface area (Å²) in [6, 6.07) is 7.60. The summed E-state index contributed by atoms with van der Waals surface area (Å²) in [5.41, 5.74) is 1.69. The number of carboxylic acids is 1. The molecule has 2 aromatic rings. The van der Waals surface area contributed by atoms with Crippen LogP contribution in [0.3, 0.4) is 0 Å². The molecule has 106 valence electrons. The number of anilines is 1. The lowest BCUT2D eigenvalue weighted by Gasteiger charge is -2.15. The van der Waals surface area contributed by atoms with E-state index in [0.29, 0.717) is 33.7 Å². The Morgan fingerprint density at radius 1 is 1.50 bits per heavy atom. The number of carboxylic acid groups (broad SMARTS) is 1. The summed E-state index contributed by atoms with van der Waals surface area (Å²) in [6.07, 6.45) is 0.614. The number of thiazole rings is 1. The third kappa shape index (κ3) is 3.29. The van der Waals surface area contributed by atoms with Crippen molar-refractivity contribution in [2.75, 3.05) is 11.9 Å². The van der Waals surface area contributed by atoms with Crippen LogP contribution in [0.15, 0.2) is 24.3 Å². The minimum Gasteiger partial charge on any atom is -0.477 e. The van der Waals surface area contributed by atoms with Crippen molar-refractivity contribution in [2.24, 2.45) is 0 Å². The Labute approximate surface area is 126 Å². The molecule has 0 saturated heterocycles. The van der Waals surface area contributed by atoms with Gasteiger partial charge in [-0.15, -0.1) is 0 Å². The second kappa shape index (κ2) is 6.24. The highest BCUT2D eigenvalue weighted by atomic mass is 35.5. The number of aryl methyl sites for hydroxylation is 1. The predicted octanol–water partition coefficient (Wildman–Crippen LogP) is 3.69. The first kappa shape index (κ1) is 14.8. The molecule has 0 aliphatic carbocycles. The Bertz CT molecular complexity index is 627. The van der Waals surface area contributed by atoms with Crippen LogP contribution < -0.4 is 4.90 Å². The minimum atomic E-state index is -0.915. The second-order valence-corrected chi connectivity index (χ2v) is 5.83. The van der Waals surface area contributed by atoms with Gasteiger partial charge in [-0.05, 0) is 24.1 Å². The fourth-order valence-corrected chi connectivity index (χ4v) is 3.05. The first-order valence-electron chi connectivity index (χ1n) is 6.19. The second-order valence-electron chi connectivity index (χ2n) is 4.42. The van der Waals surface area contributed by atoms with E-state index in [4.69, 9.17) is 16.7 Å². The lowest BCUT2D eigenvalue weighted by molar-refractivity contribution is 0.0701. The van der Waals surface area contributed by atoms with E-state index in [-0.39, 0.29) is 0 Å². The Kier molecular flexibility index (Phi) is 4.62. The van der Waals surface area contributed by atoms with Crippen LogP contribution in [0, 0.1) is 0 Å². The third-order valence-electron chi connectivity index (χ3n) is 2.85. The van der Waals surface area contributed by atoms with Gasteiger partial charge in [-0.3, -0.25) is 0 Å². The van der Waals surface area contributed by atoms with Gasteiger partial charge in [0.05, 0.1) is 5.69 Å². The Balaban J connectivity index is 2.21. The van der Waals surface area contributed by atoms with E-state index in [1.807, 2.05) is 43.1 Å². The van der Waals surface area contributed by atoms with Crippen LogP contribution in [-0.4, -0.2) is 23.1 Å². The number of hydrogen-bond acceptors (Lipinski definition) is 4. The highest BCUT2D eigenvalue weighted by Crippen LogP contribution is 2.27. The molecular weight excluding hydrogens is 296 g/mol. The maximum absolute atomic E-state index is 11.2. The molecular formula is C14H15ClN2O2S. The summed E-state index contributed by atoms with van der Waals surface area (Å²) < 4.78 is 0. The van der Waals surface area contributed by atoms with Crippen molar-refractivity contribution in [3.8, 4) is 0 Å². The molecule has 1 heterocycles. The molecule has 0 amide bonds. The summed E-state index contributed by atoms with van der Waals surface area (Å²) >= 11 is 7.16. The molecule has 0 radical (unpaired) electrons. The van der Waals surface area contributed by atoms with Crippen molar-refractivity contribution in [2.45, 2.75) is 19.9 Å². The fraction of sp³-hybridized carbons (Fsp3) is 0.286. The van der Waals surface area contributed by atoms with Crippen molar-refractivity contribution >= 4 is 34.0 Å². The average Bonchev–Trinajstić information content (AvgIpc) is 2.83. The summed E-state index contributed by atoms with van der Waals surface area (Å²) in [5, 5.41) is 10.6. The van der Waals surface area contributed by atoms with Crippen molar-refractivity contribution in [3.05, 3.63) is 45.4 Å². The molecule has 0 saturated carbocycles. The van der Waals surface area contributed by atoms with Crippen molar-refractivity contribution in [3.63, 3.8) is 0 Å². The Morgan fingerprint density at radius 2 is 2.25 bits per heavy atom. The highest BCUT2D eigenvalue weighted by Gasteiger charge is 2.18. The smallest absolute Gasteiger partial charge is 0.347 e. The summed E-state index contributed by atoms with van der Waals surface area (Å²) in [6.45, 7) is 2.54. The van der Waals surface area contributed by atoms with E-state index in [0.717, 1.165) is 5.56 Å². The number of nitrogens with zero attached hydrogens (tertiary/aromatic N) is 2.